The molecule has 1 aliphatic heterocycles. The summed E-state index contributed by atoms with van der Waals surface area (Å²) in [5, 5.41) is 0.452. The molecule has 0 amide bonds. The highest BCUT2D eigenvalue weighted by molar-refractivity contribution is 7.07. The van der Waals surface area contributed by atoms with Gasteiger partial charge in [0.25, 0.3) is 5.56 Å². The zero-order valence-electron chi connectivity index (χ0n) is 18.8. The van der Waals surface area contributed by atoms with Gasteiger partial charge in [-0.2, -0.15) is 0 Å². The number of halogens is 1. The first-order valence-electron chi connectivity index (χ1n) is 10.7. The number of thiazole rings is 1. The van der Waals surface area contributed by atoms with Crippen molar-refractivity contribution < 1.29 is 14.3 Å². The van der Waals surface area contributed by atoms with Gasteiger partial charge in [0, 0.05) is 5.02 Å². The zero-order chi connectivity index (χ0) is 24.2. The van der Waals surface area contributed by atoms with Crippen LogP contribution in [0.25, 0.3) is 6.08 Å². The van der Waals surface area contributed by atoms with E-state index in [1.165, 1.54) is 15.9 Å². The second kappa shape index (κ2) is 10.2. The molecule has 2 heterocycles. The maximum Gasteiger partial charge on any atom is 0.338 e. The molecule has 0 fully saturated rings. The highest BCUT2D eigenvalue weighted by Gasteiger charge is 2.34. The second-order valence-corrected chi connectivity index (χ2v) is 8.91. The van der Waals surface area contributed by atoms with E-state index in [-0.39, 0.29) is 12.2 Å². The van der Waals surface area contributed by atoms with E-state index in [2.05, 4.69) is 11.6 Å². The SMILES string of the molecule is C=CCOc1ccc(C=c2sc3n(c2=O)C(c2ccccc2Cl)C(C(=O)OCC)=C(C)N=3)cc1. The molecule has 0 saturated heterocycles. The van der Waals surface area contributed by atoms with Crippen molar-refractivity contribution in [3.05, 3.63) is 108 Å². The molecule has 174 valence electrons. The van der Waals surface area contributed by atoms with Crippen molar-refractivity contribution in [3.63, 3.8) is 0 Å². The highest BCUT2D eigenvalue weighted by atomic mass is 35.5. The van der Waals surface area contributed by atoms with Gasteiger partial charge in [-0.25, -0.2) is 9.79 Å². The van der Waals surface area contributed by atoms with Gasteiger partial charge in [0.2, 0.25) is 0 Å². The Labute approximate surface area is 205 Å². The van der Waals surface area contributed by atoms with Crippen LogP contribution in [-0.2, 0) is 9.53 Å². The third-order valence-corrected chi connectivity index (χ3v) is 6.59. The molecular formula is C26H23ClN2O4S. The molecule has 0 radical (unpaired) electrons. The number of hydrogen-bond donors (Lipinski definition) is 0. The Bertz CT molecular complexity index is 1450. The van der Waals surface area contributed by atoms with Crippen LogP contribution in [0.1, 0.15) is 31.0 Å². The van der Waals surface area contributed by atoms with Crippen molar-refractivity contribution >= 4 is 35.0 Å². The van der Waals surface area contributed by atoms with E-state index in [9.17, 15) is 9.59 Å². The second-order valence-electron chi connectivity index (χ2n) is 7.49. The smallest absolute Gasteiger partial charge is 0.338 e. The lowest BCUT2D eigenvalue weighted by atomic mass is 9.96. The van der Waals surface area contributed by atoms with Crippen LogP contribution in [0.4, 0.5) is 0 Å². The summed E-state index contributed by atoms with van der Waals surface area (Å²) >= 11 is 7.78. The molecule has 0 saturated carbocycles. The molecule has 1 aliphatic rings. The molecule has 0 spiro atoms. The van der Waals surface area contributed by atoms with Crippen molar-refractivity contribution in [1.82, 2.24) is 4.57 Å². The molecule has 8 heteroatoms. The largest absolute Gasteiger partial charge is 0.490 e. The molecular weight excluding hydrogens is 472 g/mol. The molecule has 3 aromatic rings. The highest BCUT2D eigenvalue weighted by Crippen LogP contribution is 2.34. The number of allylic oxidation sites excluding steroid dienone is 1. The fraction of sp³-hybridized carbons (Fsp3) is 0.192. The molecule has 6 nitrogen and oxygen atoms in total. The standard InChI is InChI=1S/C26H23ClN2O4S/c1-4-14-33-18-12-10-17(11-13-18)15-21-24(30)29-23(19-8-6-7-9-20(19)27)22(25(31)32-5-2)16(3)28-26(29)34-21/h4,6-13,15,23H,1,5,14H2,2-3H3. The first-order valence-corrected chi connectivity index (χ1v) is 11.9. The van der Waals surface area contributed by atoms with Crippen LogP contribution < -0.4 is 19.6 Å². The Morgan fingerprint density at radius 3 is 2.65 bits per heavy atom. The molecule has 4 rings (SSSR count). The van der Waals surface area contributed by atoms with Crippen LogP contribution in [0.2, 0.25) is 5.02 Å². The summed E-state index contributed by atoms with van der Waals surface area (Å²) in [6.07, 6.45) is 3.48. The van der Waals surface area contributed by atoms with E-state index in [1.54, 1.807) is 38.1 Å². The lowest BCUT2D eigenvalue weighted by Crippen LogP contribution is -2.40. The fourth-order valence-electron chi connectivity index (χ4n) is 3.75. The third kappa shape index (κ3) is 4.62. The summed E-state index contributed by atoms with van der Waals surface area (Å²) in [7, 11) is 0. The number of hydrogen-bond acceptors (Lipinski definition) is 6. The quantitative estimate of drug-likeness (QED) is 0.367. The minimum absolute atomic E-state index is 0.210. The molecule has 0 bridgehead atoms. The summed E-state index contributed by atoms with van der Waals surface area (Å²) < 4.78 is 12.8. The minimum atomic E-state index is -0.735. The van der Waals surface area contributed by atoms with Crippen molar-refractivity contribution in [2.24, 2.45) is 4.99 Å². The maximum atomic E-state index is 13.6. The number of esters is 1. The lowest BCUT2D eigenvalue weighted by molar-refractivity contribution is -0.139. The van der Waals surface area contributed by atoms with Crippen molar-refractivity contribution in [2.75, 3.05) is 13.2 Å². The van der Waals surface area contributed by atoms with E-state index in [4.69, 9.17) is 21.1 Å². The molecule has 1 aromatic heterocycles. The number of ether oxygens (including phenoxy) is 2. The number of fused-ring (bicyclic) bond motifs is 1. The third-order valence-electron chi connectivity index (χ3n) is 5.26. The first-order chi connectivity index (χ1) is 16.4. The Morgan fingerprint density at radius 1 is 1.24 bits per heavy atom. The van der Waals surface area contributed by atoms with Crippen LogP contribution in [-0.4, -0.2) is 23.8 Å². The maximum absolute atomic E-state index is 13.6. The van der Waals surface area contributed by atoms with Gasteiger partial charge in [0.05, 0.1) is 22.4 Å². The van der Waals surface area contributed by atoms with Gasteiger partial charge in [0.15, 0.2) is 4.80 Å². The van der Waals surface area contributed by atoms with Crippen LogP contribution in [0.5, 0.6) is 5.75 Å². The van der Waals surface area contributed by atoms with Crippen LogP contribution in [0.3, 0.4) is 0 Å². The van der Waals surface area contributed by atoms with E-state index in [0.717, 1.165) is 5.56 Å². The summed E-state index contributed by atoms with van der Waals surface area (Å²) in [5.41, 5.74) is 2.03. The van der Waals surface area contributed by atoms with Gasteiger partial charge in [0.1, 0.15) is 18.4 Å². The molecule has 0 aliphatic carbocycles. The summed E-state index contributed by atoms with van der Waals surface area (Å²) in [5.74, 6) is 0.199. The predicted molar refractivity (Wildman–Crippen MR) is 134 cm³/mol. The normalized spacial score (nSPS) is 15.5. The van der Waals surface area contributed by atoms with Gasteiger partial charge < -0.3 is 9.47 Å². The lowest BCUT2D eigenvalue weighted by Gasteiger charge is -2.25. The van der Waals surface area contributed by atoms with E-state index >= 15 is 0 Å². The number of carbonyl (C=O) groups is 1. The number of aromatic nitrogens is 1. The zero-order valence-corrected chi connectivity index (χ0v) is 20.4. The Morgan fingerprint density at radius 2 is 1.97 bits per heavy atom. The van der Waals surface area contributed by atoms with Crippen LogP contribution in [0.15, 0.2) is 82.2 Å². The number of carbonyl (C=O) groups excluding carboxylic acids is 1. The Kier molecular flexibility index (Phi) is 7.14. The predicted octanol–water partition coefficient (Wildman–Crippen LogP) is 4.02. The van der Waals surface area contributed by atoms with Crippen LogP contribution >= 0.6 is 22.9 Å². The average Bonchev–Trinajstić information content (AvgIpc) is 3.12. The van der Waals surface area contributed by atoms with Gasteiger partial charge >= 0.3 is 5.97 Å². The minimum Gasteiger partial charge on any atom is -0.490 e. The topological polar surface area (TPSA) is 69.9 Å². The van der Waals surface area contributed by atoms with Gasteiger partial charge in [-0.05, 0) is 49.2 Å². The summed E-state index contributed by atoms with van der Waals surface area (Å²) in [4.78, 5) is 31.6. The van der Waals surface area contributed by atoms with Gasteiger partial charge in [-0.3, -0.25) is 9.36 Å². The monoisotopic (exact) mass is 494 g/mol. The van der Waals surface area contributed by atoms with E-state index in [1.807, 2.05) is 36.4 Å². The first kappa shape index (κ1) is 23.7. The Hall–Kier alpha value is -3.42. The number of benzene rings is 2. The van der Waals surface area contributed by atoms with Crippen LogP contribution in [0, 0.1) is 0 Å². The van der Waals surface area contributed by atoms with Gasteiger partial charge in [-0.1, -0.05) is 65.9 Å². The Balaban J connectivity index is 1.86. The summed E-state index contributed by atoms with van der Waals surface area (Å²) in [6.45, 7) is 7.75. The number of nitrogens with zero attached hydrogens (tertiary/aromatic N) is 2. The van der Waals surface area contributed by atoms with Crippen molar-refractivity contribution in [1.29, 1.82) is 0 Å². The average molecular weight is 495 g/mol. The molecule has 1 atom stereocenters. The van der Waals surface area contributed by atoms with E-state index in [0.29, 0.717) is 43.5 Å². The molecule has 0 N–H and O–H groups in total. The fourth-order valence-corrected chi connectivity index (χ4v) is 5.04. The van der Waals surface area contributed by atoms with Crippen molar-refractivity contribution in [3.8, 4) is 5.75 Å². The van der Waals surface area contributed by atoms with Gasteiger partial charge in [-0.15, -0.1) is 0 Å². The van der Waals surface area contributed by atoms with E-state index < -0.39 is 12.0 Å². The molecule has 1 unspecified atom stereocenters. The summed E-state index contributed by atoms with van der Waals surface area (Å²) in [6, 6.07) is 13.9. The van der Waals surface area contributed by atoms with Crippen molar-refractivity contribution in [2.45, 2.75) is 19.9 Å². The number of rotatable bonds is 7. The molecule has 34 heavy (non-hydrogen) atoms. The molecule has 2 aromatic carbocycles.